The topological polar surface area (TPSA) is 85.9 Å². The molecule has 0 spiro atoms. The van der Waals surface area contributed by atoms with E-state index in [-0.39, 0.29) is 17.8 Å². The molecule has 1 aliphatic carbocycles. The van der Waals surface area contributed by atoms with E-state index in [0.29, 0.717) is 28.6 Å². The van der Waals surface area contributed by atoms with Gasteiger partial charge in [-0.15, -0.1) is 0 Å². The lowest BCUT2D eigenvalue weighted by molar-refractivity contribution is 0.0564. The number of aliphatic imine (C=N–C) groups is 1. The first-order chi connectivity index (χ1) is 12.6. The molecule has 1 aromatic rings. The average molecular weight is 396 g/mol. The summed E-state index contributed by atoms with van der Waals surface area (Å²) in [4.78, 5) is 17.0. The molecule has 0 bridgehead atoms. The highest BCUT2D eigenvalue weighted by atomic mass is 32.2. The minimum Gasteiger partial charge on any atom is -0.444 e. The van der Waals surface area contributed by atoms with E-state index in [4.69, 9.17) is 20.2 Å². The first-order valence-corrected chi connectivity index (χ1v) is 9.92. The summed E-state index contributed by atoms with van der Waals surface area (Å²) in [6.07, 6.45) is 0.716. The molecule has 1 amide bonds. The lowest BCUT2D eigenvalue weighted by Gasteiger charge is -2.36. The maximum absolute atomic E-state index is 14.7. The van der Waals surface area contributed by atoms with Crippen LogP contribution in [0.5, 0.6) is 0 Å². The Hall–Kier alpha value is -1.80. The van der Waals surface area contributed by atoms with Gasteiger partial charge < -0.3 is 15.2 Å². The fraction of sp³-hybridized carbons (Fsp3) is 0.579. The molecule has 1 aliphatic heterocycles. The van der Waals surface area contributed by atoms with Crippen LogP contribution in [0.2, 0.25) is 0 Å². The number of ether oxygens (including phenoxy) is 2. The van der Waals surface area contributed by atoms with Crippen LogP contribution in [-0.2, 0) is 15.0 Å². The fourth-order valence-electron chi connectivity index (χ4n) is 3.74. The van der Waals surface area contributed by atoms with Crippen LogP contribution in [0.3, 0.4) is 0 Å². The molecule has 2 unspecified atom stereocenters. The molecule has 2 aliphatic rings. The number of amides is 1. The predicted octanol–water partition coefficient (Wildman–Crippen LogP) is 3.66. The summed E-state index contributed by atoms with van der Waals surface area (Å²) >= 11 is 1.44. The summed E-state index contributed by atoms with van der Waals surface area (Å²) in [6, 6.07) is 4.55. The molecule has 6 nitrogen and oxygen atoms in total. The Morgan fingerprint density at radius 1 is 1.44 bits per heavy atom. The number of carbonyl (C=O) groups excluding carboxylic acids is 1. The number of nitrogens with two attached hydrogens (primary N) is 1. The normalized spacial score (nSPS) is 27.7. The van der Waals surface area contributed by atoms with E-state index >= 15 is 0 Å². The van der Waals surface area contributed by atoms with Crippen LogP contribution < -0.4 is 11.1 Å². The Morgan fingerprint density at radius 3 is 2.85 bits per heavy atom. The summed E-state index contributed by atoms with van der Waals surface area (Å²) in [5.41, 5.74) is 5.44. The minimum absolute atomic E-state index is 0.0268. The third-order valence-corrected chi connectivity index (χ3v) is 5.92. The van der Waals surface area contributed by atoms with Crippen molar-refractivity contribution in [3.8, 4) is 0 Å². The van der Waals surface area contributed by atoms with Crippen molar-refractivity contribution in [2.75, 3.05) is 18.6 Å². The Labute approximate surface area is 163 Å². The first kappa shape index (κ1) is 19.9. The smallest absolute Gasteiger partial charge is 0.413 e. The molecule has 27 heavy (non-hydrogen) atoms. The number of fused-ring (bicyclic) bond motifs is 1. The summed E-state index contributed by atoms with van der Waals surface area (Å²) < 4.78 is 25.6. The Balaban J connectivity index is 1.97. The van der Waals surface area contributed by atoms with Crippen molar-refractivity contribution >= 4 is 28.7 Å². The molecule has 0 radical (unpaired) electrons. The number of alkyl carbamates (subject to hydrolysis) is 1. The zero-order chi connectivity index (χ0) is 19.8. The molecule has 0 saturated heterocycles. The van der Waals surface area contributed by atoms with E-state index in [1.54, 1.807) is 33.9 Å². The third kappa shape index (κ3) is 4.21. The van der Waals surface area contributed by atoms with E-state index in [1.165, 1.54) is 23.9 Å². The molecule has 8 heteroatoms. The van der Waals surface area contributed by atoms with Gasteiger partial charge in [0.25, 0.3) is 0 Å². The number of methoxy groups -OCH3 is 1. The van der Waals surface area contributed by atoms with Crippen molar-refractivity contribution in [3.63, 3.8) is 0 Å². The molecule has 0 aromatic heterocycles. The molecular formula is C19H26FN3O3S. The highest BCUT2D eigenvalue weighted by molar-refractivity contribution is 8.13. The standard InChI is InChI=1S/C19H26FN3O3S/c1-18(2,3)26-17(24)22-16-23-19(14-8-12(21)5-6-15(14)20)9-13(25-4)7-11(19)10-27-16/h5-6,8,11,13H,7,9-10,21H2,1-4H3,(H,22,23,24)/t11?,13-,19?/m0/s1. The highest BCUT2D eigenvalue weighted by Gasteiger charge is 2.52. The SMILES string of the molecule is CO[C@H]1CC2CSC(NC(=O)OC(C)(C)C)=NC2(c2cc(N)ccc2F)C1. The molecule has 3 N–H and O–H groups in total. The van der Waals surface area contributed by atoms with E-state index in [1.807, 2.05) is 0 Å². The van der Waals surface area contributed by atoms with Crippen molar-refractivity contribution in [1.82, 2.24) is 5.32 Å². The number of benzene rings is 1. The van der Waals surface area contributed by atoms with Crippen LogP contribution in [0.1, 0.15) is 39.2 Å². The molecule has 1 saturated carbocycles. The van der Waals surface area contributed by atoms with Crippen molar-refractivity contribution in [1.29, 1.82) is 0 Å². The molecule has 3 atom stereocenters. The lowest BCUT2D eigenvalue weighted by Crippen LogP contribution is -2.42. The van der Waals surface area contributed by atoms with Crippen LogP contribution >= 0.6 is 11.8 Å². The van der Waals surface area contributed by atoms with Gasteiger partial charge >= 0.3 is 6.09 Å². The number of anilines is 1. The number of carbonyl (C=O) groups is 1. The average Bonchev–Trinajstić information content (AvgIpc) is 2.94. The maximum atomic E-state index is 14.7. The summed E-state index contributed by atoms with van der Waals surface area (Å²) in [5, 5.41) is 3.14. The number of nitrogens with zero attached hydrogens (tertiary/aromatic N) is 1. The van der Waals surface area contributed by atoms with Gasteiger partial charge in [-0.1, -0.05) is 11.8 Å². The number of halogens is 1. The van der Waals surface area contributed by atoms with Gasteiger partial charge in [-0.25, -0.2) is 9.18 Å². The van der Waals surface area contributed by atoms with Gasteiger partial charge in [-0.05, 0) is 45.4 Å². The van der Waals surface area contributed by atoms with Gasteiger partial charge in [0.2, 0.25) is 0 Å². The molecule has 148 valence electrons. The minimum atomic E-state index is -0.810. The van der Waals surface area contributed by atoms with E-state index in [2.05, 4.69) is 5.32 Å². The second-order valence-corrected chi connectivity index (χ2v) is 9.02. The third-order valence-electron chi connectivity index (χ3n) is 4.88. The van der Waals surface area contributed by atoms with Gasteiger partial charge in [0.05, 0.1) is 11.6 Å². The molecule has 3 rings (SSSR count). The Kier molecular flexibility index (Phi) is 5.40. The molecule has 1 heterocycles. The highest BCUT2D eigenvalue weighted by Crippen LogP contribution is 2.52. The summed E-state index contributed by atoms with van der Waals surface area (Å²) in [6.45, 7) is 5.38. The molecule has 1 aromatic carbocycles. The summed E-state index contributed by atoms with van der Waals surface area (Å²) in [5.74, 6) is 0.439. The van der Waals surface area contributed by atoms with Crippen LogP contribution in [0.15, 0.2) is 23.2 Å². The van der Waals surface area contributed by atoms with E-state index < -0.39 is 17.2 Å². The van der Waals surface area contributed by atoms with Crippen molar-refractivity contribution in [3.05, 3.63) is 29.6 Å². The largest absolute Gasteiger partial charge is 0.444 e. The number of rotatable bonds is 2. The van der Waals surface area contributed by atoms with Crippen LogP contribution in [0, 0.1) is 11.7 Å². The second-order valence-electron chi connectivity index (χ2n) is 8.01. The quantitative estimate of drug-likeness (QED) is 0.747. The number of nitrogen functional groups attached to an aromatic ring is 1. The maximum Gasteiger partial charge on any atom is 0.413 e. The Bertz CT molecular complexity index is 765. The van der Waals surface area contributed by atoms with Gasteiger partial charge in [0, 0.05) is 36.5 Å². The van der Waals surface area contributed by atoms with Crippen molar-refractivity contribution in [2.24, 2.45) is 10.9 Å². The van der Waals surface area contributed by atoms with Crippen LogP contribution in [0.25, 0.3) is 0 Å². The number of thioether (sulfide) groups is 1. The Morgan fingerprint density at radius 2 is 2.19 bits per heavy atom. The monoisotopic (exact) mass is 395 g/mol. The van der Waals surface area contributed by atoms with Crippen molar-refractivity contribution < 1.29 is 18.7 Å². The molecular weight excluding hydrogens is 369 g/mol. The second kappa shape index (κ2) is 7.31. The zero-order valence-corrected chi connectivity index (χ0v) is 16.9. The van der Waals surface area contributed by atoms with Crippen LogP contribution in [-0.4, -0.2) is 35.8 Å². The number of hydrogen-bond acceptors (Lipinski definition) is 6. The number of amidine groups is 1. The zero-order valence-electron chi connectivity index (χ0n) is 16.0. The van der Waals surface area contributed by atoms with Gasteiger partial charge in [0.15, 0.2) is 5.17 Å². The van der Waals surface area contributed by atoms with Crippen molar-refractivity contribution in [2.45, 2.75) is 50.9 Å². The van der Waals surface area contributed by atoms with Crippen LogP contribution in [0.4, 0.5) is 14.9 Å². The lowest BCUT2D eigenvalue weighted by atomic mass is 9.81. The predicted molar refractivity (Wildman–Crippen MR) is 105 cm³/mol. The number of hydrogen-bond donors (Lipinski definition) is 2. The van der Waals surface area contributed by atoms with Gasteiger partial charge in [-0.2, -0.15) is 0 Å². The first-order valence-electron chi connectivity index (χ1n) is 8.94. The molecule has 1 fully saturated rings. The van der Waals surface area contributed by atoms with Gasteiger partial charge in [0.1, 0.15) is 11.4 Å². The van der Waals surface area contributed by atoms with E-state index in [9.17, 15) is 9.18 Å². The summed E-state index contributed by atoms with van der Waals surface area (Å²) in [7, 11) is 1.65. The van der Waals surface area contributed by atoms with E-state index in [0.717, 1.165) is 6.42 Å². The van der Waals surface area contributed by atoms with Gasteiger partial charge in [-0.3, -0.25) is 10.3 Å². The fourth-order valence-corrected chi connectivity index (χ4v) is 4.90. The number of nitrogens with one attached hydrogen (secondary N) is 1.